The van der Waals surface area contributed by atoms with Gasteiger partial charge in [0, 0.05) is 0 Å². The van der Waals surface area contributed by atoms with Gasteiger partial charge in [0.25, 0.3) is 0 Å². The fourth-order valence-electron chi connectivity index (χ4n) is 2.22. The van der Waals surface area contributed by atoms with Crippen LogP contribution in [0.25, 0.3) is 0 Å². The summed E-state index contributed by atoms with van der Waals surface area (Å²) in [5, 5.41) is 11.2. The largest absolute Gasteiger partial charge is 0.364 e. The maximum Gasteiger partial charge on any atom is 0.364 e. The number of nitrogens with one attached hydrogen (secondary N) is 1. The van der Waals surface area contributed by atoms with E-state index in [1.165, 1.54) is 4.68 Å². The van der Waals surface area contributed by atoms with Crippen LogP contribution in [0.3, 0.4) is 0 Å². The average molecular weight is 356 g/mol. The van der Waals surface area contributed by atoms with E-state index >= 15 is 0 Å². The maximum atomic E-state index is 12.1. The van der Waals surface area contributed by atoms with Crippen molar-refractivity contribution in [2.24, 2.45) is 0 Å². The molecule has 23 heavy (non-hydrogen) atoms. The van der Waals surface area contributed by atoms with Crippen LogP contribution in [0.2, 0.25) is 10.0 Å². The first kappa shape index (κ1) is 16.0. The lowest BCUT2D eigenvalue weighted by Gasteiger charge is -2.14. The van der Waals surface area contributed by atoms with Gasteiger partial charge in [-0.15, -0.1) is 0 Å². The second-order valence-electron chi connectivity index (χ2n) is 5.56. The third-order valence-electron chi connectivity index (χ3n) is 3.67. The van der Waals surface area contributed by atoms with Crippen LogP contribution in [0.5, 0.6) is 0 Å². The predicted molar refractivity (Wildman–Crippen MR) is 85.6 cm³/mol. The number of aromatic nitrogens is 4. The van der Waals surface area contributed by atoms with Crippen LogP contribution in [-0.4, -0.2) is 25.7 Å². The second kappa shape index (κ2) is 6.33. The van der Waals surface area contributed by atoms with Crippen molar-refractivity contribution in [3.05, 3.63) is 44.3 Å². The summed E-state index contributed by atoms with van der Waals surface area (Å²) in [5.74, 6) is -0.325. The summed E-state index contributed by atoms with van der Waals surface area (Å²) in [5.41, 5.74) is 0.464. The van der Waals surface area contributed by atoms with Crippen LogP contribution in [-0.2, 0) is 11.3 Å². The molecule has 0 unspecified atom stereocenters. The molecule has 0 bridgehead atoms. The molecular weight excluding hydrogens is 341 g/mol. The summed E-state index contributed by atoms with van der Waals surface area (Å²) in [6, 6.07) is 5.02. The van der Waals surface area contributed by atoms with E-state index in [0.717, 1.165) is 23.1 Å². The summed E-state index contributed by atoms with van der Waals surface area (Å²) in [4.78, 5) is 24.1. The van der Waals surface area contributed by atoms with Crippen LogP contribution in [0.1, 0.15) is 37.4 Å². The molecule has 1 saturated carbocycles. The molecule has 1 aliphatic carbocycles. The summed E-state index contributed by atoms with van der Waals surface area (Å²) in [6.45, 7) is 1.65. The normalized spacial score (nSPS) is 15.4. The number of halogens is 2. The van der Waals surface area contributed by atoms with E-state index in [-0.39, 0.29) is 30.2 Å². The third-order valence-corrected chi connectivity index (χ3v) is 4.41. The number of hydrogen-bond donors (Lipinski definition) is 1. The molecule has 1 aliphatic rings. The van der Waals surface area contributed by atoms with Gasteiger partial charge in [0.05, 0.1) is 22.1 Å². The fraction of sp³-hybridized carbons (Fsp3) is 0.429. The minimum absolute atomic E-state index is 0.134. The Balaban J connectivity index is 1.64. The minimum atomic E-state index is -0.357. The molecule has 1 N–H and O–H groups in total. The third kappa shape index (κ3) is 3.56. The minimum Gasteiger partial charge on any atom is -0.348 e. The smallest absolute Gasteiger partial charge is 0.348 e. The SMILES string of the molecule is C[C@H](NC(=O)Cn1nnn(C2CC2)c1=O)c1ccc(Cl)c(Cl)c1. The quantitative estimate of drug-likeness (QED) is 0.888. The molecule has 122 valence electrons. The Morgan fingerprint density at radius 2 is 2.09 bits per heavy atom. The Morgan fingerprint density at radius 3 is 2.74 bits per heavy atom. The Kier molecular flexibility index (Phi) is 4.41. The lowest BCUT2D eigenvalue weighted by molar-refractivity contribution is -0.122. The van der Waals surface area contributed by atoms with Crippen LogP contribution in [0, 0.1) is 0 Å². The predicted octanol–water partition coefficient (Wildman–Crippen LogP) is 1.96. The van der Waals surface area contributed by atoms with Crippen molar-refractivity contribution in [2.45, 2.75) is 38.4 Å². The fourth-order valence-corrected chi connectivity index (χ4v) is 2.53. The molecular formula is C14H15Cl2N5O2. The molecule has 1 atom stereocenters. The van der Waals surface area contributed by atoms with Gasteiger partial charge in [-0.2, -0.15) is 9.36 Å². The molecule has 9 heteroatoms. The summed E-state index contributed by atoms with van der Waals surface area (Å²) >= 11 is 11.8. The van der Waals surface area contributed by atoms with Gasteiger partial charge in [0.2, 0.25) is 5.91 Å². The first-order valence-electron chi connectivity index (χ1n) is 7.22. The Bertz CT molecular complexity index is 797. The molecule has 0 spiro atoms. The zero-order valence-electron chi connectivity index (χ0n) is 12.4. The molecule has 3 rings (SSSR count). The van der Waals surface area contributed by atoms with Crippen molar-refractivity contribution in [1.82, 2.24) is 25.1 Å². The molecule has 0 saturated heterocycles. The van der Waals surface area contributed by atoms with E-state index in [0.29, 0.717) is 10.0 Å². The van der Waals surface area contributed by atoms with Gasteiger partial charge in [-0.05, 0) is 47.9 Å². The lowest BCUT2D eigenvalue weighted by atomic mass is 10.1. The molecule has 1 aromatic carbocycles. The van der Waals surface area contributed by atoms with E-state index in [1.807, 2.05) is 6.92 Å². The van der Waals surface area contributed by atoms with E-state index < -0.39 is 0 Å². The number of tetrazole rings is 1. The summed E-state index contributed by atoms with van der Waals surface area (Å²) < 4.78 is 2.39. The number of benzene rings is 1. The maximum absolute atomic E-state index is 12.1. The van der Waals surface area contributed by atoms with Crippen LogP contribution < -0.4 is 11.0 Å². The van der Waals surface area contributed by atoms with Gasteiger partial charge in [0.1, 0.15) is 6.54 Å². The van der Waals surface area contributed by atoms with Crippen molar-refractivity contribution in [3.8, 4) is 0 Å². The number of hydrogen-bond acceptors (Lipinski definition) is 4. The number of amides is 1. The first-order chi connectivity index (χ1) is 11.0. The molecule has 1 amide bonds. The topological polar surface area (TPSA) is 81.8 Å². The van der Waals surface area contributed by atoms with Crippen molar-refractivity contribution in [3.63, 3.8) is 0 Å². The average Bonchev–Trinajstić information content (AvgIpc) is 3.28. The van der Waals surface area contributed by atoms with Crippen molar-refractivity contribution >= 4 is 29.1 Å². The zero-order valence-corrected chi connectivity index (χ0v) is 13.9. The van der Waals surface area contributed by atoms with Crippen molar-refractivity contribution in [2.75, 3.05) is 0 Å². The second-order valence-corrected chi connectivity index (χ2v) is 6.37. The first-order valence-corrected chi connectivity index (χ1v) is 7.98. The molecule has 1 fully saturated rings. The molecule has 2 aromatic rings. The molecule has 0 radical (unpaired) electrons. The highest BCUT2D eigenvalue weighted by Crippen LogP contribution is 2.32. The molecule has 1 heterocycles. The molecule has 0 aliphatic heterocycles. The van der Waals surface area contributed by atoms with Crippen LogP contribution in [0.4, 0.5) is 0 Å². The summed E-state index contributed by atoms with van der Waals surface area (Å²) in [6.07, 6.45) is 1.86. The zero-order chi connectivity index (χ0) is 16.6. The van der Waals surface area contributed by atoms with Gasteiger partial charge in [-0.25, -0.2) is 4.79 Å². The van der Waals surface area contributed by atoms with Gasteiger partial charge < -0.3 is 5.32 Å². The Hall–Kier alpha value is -1.86. The standard InChI is InChI=1S/C14H15Cl2N5O2/c1-8(9-2-5-11(15)12(16)6-9)17-13(22)7-20-14(23)21(19-18-20)10-3-4-10/h2,5-6,8,10H,3-4,7H2,1H3,(H,17,22)/t8-/m0/s1. The number of nitrogens with zero attached hydrogens (tertiary/aromatic N) is 4. The Labute approximate surface area is 142 Å². The number of rotatable bonds is 5. The van der Waals surface area contributed by atoms with Crippen LogP contribution in [0.15, 0.2) is 23.0 Å². The molecule has 1 aromatic heterocycles. The highest BCUT2D eigenvalue weighted by atomic mass is 35.5. The van der Waals surface area contributed by atoms with E-state index in [2.05, 4.69) is 15.7 Å². The lowest BCUT2D eigenvalue weighted by Crippen LogP contribution is -2.34. The number of carbonyl (C=O) groups excluding carboxylic acids is 1. The van der Waals surface area contributed by atoms with Gasteiger partial charge in [-0.3, -0.25) is 4.79 Å². The van der Waals surface area contributed by atoms with Gasteiger partial charge in [-0.1, -0.05) is 29.3 Å². The van der Waals surface area contributed by atoms with E-state index in [9.17, 15) is 9.59 Å². The highest BCUT2D eigenvalue weighted by Gasteiger charge is 2.28. The van der Waals surface area contributed by atoms with Crippen molar-refractivity contribution < 1.29 is 4.79 Å². The van der Waals surface area contributed by atoms with Crippen LogP contribution >= 0.6 is 23.2 Å². The van der Waals surface area contributed by atoms with Crippen molar-refractivity contribution in [1.29, 1.82) is 0 Å². The molecule has 7 nitrogen and oxygen atoms in total. The van der Waals surface area contributed by atoms with E-state index in [4.69, 9.17) is 23.2 Å². The summed E-state index contributed by atoms with van der Waals surface area (Å²) in [7, 11) is 0. The van der Waals surface area contributed by atoms with Gasteiger partial charge in [0.15, 0.2) is 0 Å². The highest BCUT2D eigenvalue weighted by molar-refractivity contribution is 6.42. The van der Waals surface area contributed by atoms with E-state index in [1.54, 1.807) is 18.2 Å². The monoisotopic (exact) mass is 355 g/mol. The number of carbonyl (C=O) groups is 1. The van der Waals surface area contributed by atoms with Gasteiger partial charge >= 0.3 is 5.69 Å². The Morgan fingerprint density at radius 1 is 1.35 bits per heavy atom.